The first kappa shape index (κ1) is 20.7. The summed E-state index contributed by atoms with van der Waals surface area (Å²) in [5.74, 6) is -0.141. The fourth-order valence-corrected chi connectivity index (χ4v) is 4.00. The number of hydrogen-bond donors (Lipinski definition) is 1. The predicted molar refractivity (Wildman–Crippen MR) is 104 cm³/mol. The highest BCUT2D eigenvalue weighted by atomic mass is 19.1. The average Bonchev–Trinajstić information content (AvgIpc) is 3.06. The van der Waals surface area contributed by atoms with Crippen molar-refractivity contribution < 1.29 is 18.7 Å². The molecule has 0 spiro atoms. The van der Waals surface area contributed by atoms with Gasteiger partial charge in [-0.25, -0.2) is 4.39 Å². The highest BCUT2D eigenvalue weighted by Crippen LogP contribution is 2.25. The lowest BCUT2D eigenvalue weighted by Gasteiger charge is -2.30. The summed E-state index contributed by atoms with van der Waals surface area (Å²) in [6.45, 7) is 3.16. The summed E-state index contributed by atoms with van der Waals surface area (Å²) in [5, 5.41) is 2.97. The number of rotatable bonds is 7. The van der Waals surface area contributed by atoms with Gasteiger partial charge in [0.1, 0.15) is 5.82 Å². The van der Waals surface area contributed by atoms with E-state index in [2.05, 4.69) is 10.2 Å². The van der Waals surface area contributed by atoms with Gasteiger partial charge in [0, 0.05) is 44.6 Å². The molecular weight excluding hydrogens is 361 g/mol. The van der Waals surface area contributed by atoms with Gasteiger partial charge in [0.2, 0.25) is 11.8 Å². The molecule has 2 aliphatic heterocycles. The van der Waals surface area contributed by atoms with Crippen LogP contribution in [0.1, 0.15) is 31.2 Å². The zero-order chi connectivity index (χ0) is 19.9. The highest BCUT2D eigenvalue weighted by Gasteiger charge is 2.33. The molecule has 2 aliphatic rings. The number of ether oxygens (including phenoxy) is 1. The summed E-state index contributed by atoms with van der Waals surface area (Å²) < 4.78 is 18.9. The molecule has 1 aromatic rings. The van der Waals surface area contributed by atoms with E-state index in [1.165, 1.54) is 6.07 Å². The number of likely N-dealkylation sites (N-methyl/N-ethyl adjacent to an activating group) is 1. The number of amides is 2. The normalized spacial score (nSPS) is 23.0. The van der Waals surface area contributed by atoms with E-state index in [9.17, 15) is 14.0 Å². The summed E-state index contributed by atoms with van der Waals surface area (Å²) in [6, 6.07) is 7.01. The van der Waals surface area contributed by atoms with Crippen LogP contribution in [0, 0.1) is 5.82 Å². The van der Waals surface area contributed by atoms with Crippen LogP contribution in [0.25, 0.3) is 0 Å². The zero-order valence-corrected chi connectivity index (χ0v) is 16.5. The van der Waals surface area contributed by atoms with Crippen LogP contribution >= 0.6 is 0 Å². The third kappa shape index (κ3) is 5.52. The van der Waals surface area contributed by atoms with E-state index < -0.39 is 0 Å². The van der Waals surface area contributed by atoms with Crippen molar-refractivity contribution in [2.45, 2.75) is 44.2 Å². The molecule has 2 saturated heterocycles. The maximum atomic E-state index is 13.6. The van der Waals surface area contributed by atoms with Gasteiger partial charge in [-0.05, 0) is 37.9 Å². The Labute approximate surface area is 166 Å². The summed E-state index contributed by atoms with van der Waals surface area (Å²) in [4.78, 5) is 28.7. The van der Waals surface area contributed by atoms with Gasteiger partial charge in [-0.2, -0.15) is 0 Å². The van der Waals surface area contributed by atoms with E-state index in [-0.39, 0.29) is 36.1 Å². The molecule has 1 aromatic carbocycles. The van der Waals surface area contributed by atoms with Gasteiger partial charge in [0.25, 0.3) is 0 Å². The molecule has 1 N–H and O–H groups in total. The first-order valence-corrected chi connectivity index (χ1v) is 10.1. The smallest absolute Gasteiger partial charge is 0.224 e. The SMILES string of the molecule is CN1[C@@H](CC(=O)N2CCOCC2)CC[C@H]1CNC(=O)CCc1ccccc1F. The monoisotopic (exact) mass is 391 g/mol. The predicted octanol–water partition coefficient (Wildman–Crippen LogP) is 1.59. The van der Waals surface area contributed by atoms with Crippen molar-refractivity contribution in [1.29, 1.82) is 0 Å². The Kier molecular flexibility index (Phi) is 7.39. The van der Waals surface area contributed by atoms with E-state index in [1.807, 2.05) is 11.9 Å². The summed E-state index contributed by atoms with van der Waals surface area (Å²) in [7, 11) is 2.03. The number of nitrogens with zero attached hydrogens (tertiary/aromatic N) is 2. The van der Waals surface area contributed by atoms with Crippen molar-refractivity contribution in [1.82, 2.24) is 15.1 Å². The number of carbonyl (C=O) groups excluding carboxylic acids is 2. The van der Waals surface area contributed by atoms with Gasteiger partial charge in [-0.15, -0.1) is 0 Å². The molecule has 3 rings (SSSR count). The number of likely N-dealkylation sites (tertiary alicyclic amines) is 1. The van der Waals surface area contributed by atoms with Crippen molar-refractivity contribution in [3.05, 3.63) is 35.6 Å². The van der Waals surface area contributed by atoms with E-state index in [0.717, 1.165) is 12.8 Å². The largest absolute Gasteiger partial charge is 0.378 e. The molecule has 2 atom stereocenters. The fraction of sp³-hybridized carbons (Fsp3) is 0.619. The number of morpholine rings is 1. The lowest BCUT2D eigenvalue weighted by molar-refractivity contribution is -0.136. The van der Waals surface area contributed by atoms with Crippen molar-refractivity contribution >= 4 is 11.8 Å². The quantitative estimate of drug-likeness (QED) is 0.767. The number of benzene rings is 1. The number of nitrogens with one attached hydrogen (secondary N) is 1. The summed E-state index contributed by atoms with van der Waals surface area (Å²) in [5.41, 5.74) is 0.567. The minimum Gasteiger partial charge on any atom is -0.378 e. The van der Waals surface area contributed by atoms with Gasteiger partial charge in [-0.3, -0.25) is 14.5 Å². The third-order valence-corrected chi connectivity index (χ3v) is 5.87. The molecular formula is C21H30FN3O3. The fourth-order valence-electron chi connectivity index (χ4n) is 4.00. The summed E-state index contributed by atoms with van der Waals surface area (Å²) >= 11 is 0. The van der Waals surface area contributed by atoms with Gasteiger partial charge in [0.05, 0.1) is 13.2 Å². The summed E-state index contributed by atoms with van der Waals surface area (Å²) in [6.07, 6.45) is 3.12. The van der Waals surface area contributed by atoms with Crippen molar-refractivity contribution in [3.8, 4) is 0 Å². The van der Waals surface area contributed by atoms with Crippen LogP contribution in [0.15, 0.2) is 24.3 Å². The van der Waals surface area contributed by atoms with Crippen molar-refractivity contribution in [3.63, 3.8) is 0 Å². The van der Waals surface area contributed by atoms with Crippen LogP contribution in [-0.2, 0) is 20.7 Å². The topological polar surface area (TPSA) is 61.9 Å². The maximum Gasteiger partial charge on any atom is 0.224 e. The van der Waals surface area contributed by atoms with Gasteiger partial charge < -0.3 is 15.0 Å². The lowest BCUT2D eigenvalue weighted by atomic mass is 10.1. The standard InChI is InChI=1S/C21H30FN3O3/c1-24-17(14-21(27)25-10-12-28-13-11-25)7-8-18(24)15-23-20(26)9-6-16-4-2-3-5-19(16)22/h2-5,17-18H,6-15H2,1H3,(H,23,26)/t17-,18+/m1/s1. The van der Waals surface area contributed by atoms with Gasteiger partial charge in [-0.1, -0.05) is 18.2 Å². The zero-order valence-electron chi connectivity index (χ0n) is 16.5. The minimum atomic E-state index is -0.265. The number of hydrogen-bond acceptors (Lipinski definition) is 4. The third-order valence-electron chi connectivity index (χ3n) is 5.87. The molecule has 2 amide bonds. The second-order valence-corrected chi connectivity index (χ2v) is 7.64. The molecule has 0 aliphatic carbocycles. The van der Waals surface area contributed by atoms with Crippen LogP contribution in [0.3, 0.4) is 0 Å². The molecule has 6 nitrogen and oxygen atoms in total. The van der Waals surface area contributed by atoms with E-state index in [4.69, 9.17) is 4.74 Å². The molecule has 154 valence electrons. The second-order valence-electron chi connectivity index (χ2n) is 7.64. The second kappa shape index (κ2) is 9.98. The van der Waals surface area contributed by atoms with E-state index in [1.54, 1.807) is 18.2 Å². The number of halogens is 1. The van der Waals surface area contributed by atoms with Crippen LogP contribution in [0.5, 0.6) is 0 Å². The van der Waals surface area contributed by atoms with Crippen LogP contribution in [0.2, 0.25) is 0 Å². The first-order valence-electron chi connectivity index (χ1n) is 10.1. The molecule has 0 bridgehead atoms. The van der Waals surface area contributed by atoms with Crippen LogP contribution < -0.4 is 5.32 Å². The molecule has 0 unspecified atom stereocenters. The van der Waals surface area contributed by atoms with Crippen LogP contribution in [-0.4, -0.2) is 73.6 Å². The number of carbonyl (C=O) groups is 2. The Balaban J connectivity index is 1.38. The van der Waals surface area contributed by atoms with E-state index in [0.29, 0.717) is 51.3 Å². The average molecular weight is 391 g/mol. The Hall–Kier alpha value is -1.99. The Morgan fingerprint density at radius 1 is 1.18 bits per heavy atom. The van der Waals surface area contributed by atoms with Crippen molar-refractivity contribution in [2.24, 2.45) is 0 Å². The Morgan fingerprint density at radius 3 is 2.64 bits per heavy atom. The van der Waals surface area contributed by atoms with Crippen LogP contribution in [0.4, 0.5) is 4.39 Å². The minimum absolute atomic E-state index is 0.0653. The van der Waals surface area contributed by atoms with Gasteiger partial charge >= 0.3 is 0 Å². The first-order chi connectivity index (χ1) is 13.5. The maximum absolute atomic E-state index is 13.6. The lowest BCUT2D eigenvalue weighted by Crippen LogP contribution is -2.45. The molecule has 2 heterocycles. The van der Waals surface area contributed by atoms with Gasteiger partial charge in [0.15, 0.2) is 0 Å². The Bertz CT molecular complexity index is 679. The highest BCUT2D eigenvalue weighted by molar-refractivity contribution is 5.77. The Morgan fingerprint density at radius 2 is 1.89 bits per heavy atom. The molecule has 28 heavy (non-hydrogen) atoms. The molecule has 0 saturated carbocycles. The number of aryl methyl sites for hydroxylation is 1. The molecule has 2 fully saturated rings. The van der Waals surface area contributed by atoms with Crippen molar-refractivity contribution in [2.75, 3.05) is 39.9 Å². The molecule has 7 heteroatoms. The van der Waals surface area contributed by atoms with E-state index >= 15 is 0 Å². The molecule has 0 radical (unpaired) electrons. The molecule has 0 aromatic heterocycles.